The normalized spacial score (nSPS) is 21.5. The summed E-state index contributed by atoms with van der Waals surface area (Å²) in [7, 11) is 0. The van der Waals surface area contributed by atoms with Crippen molar-refractivity contribution in [3.63, 3.8) is 0 Å². The van der Waals surface area contributed by atoms with E-state index < -0.39 is 5.54 Å². The Kier molecular flexibility index (Phi) is 5.71. The number of rotatable bonds is 3. The van der Waals surface area contributed by atoms with E-state index in [1.165, 1.54) is 0 Å². The molecule has 0 aliphatic carbocycles. The number of hydrogen-bond acceptors (Lipinski definition) is 4. The van der Waals surface area contributed by atoms with Crippen LogP contribution in [0, 0.1) is 0 Å². The Morgan fingerprint density at radius 3 is 2.23 bits per heavy atom. The number of para-hydroxylation sites is 1. The molecular weight excluding hydrogens is 472 g/mol. The number of halogens is 1. The number of thioether (sulfide) groups is 1. The Morgan fingerprint density at radius 1 is 0.829 bits per heavy atom. The lowest BCUT2D eigenvalue weighted by Crippen LogP contribution is -2.54. The zero-order valence-electron chi connectivity index (χ0n) is 19.0. The SMILES string of the molecule is O=C1c2ccccc2SCC[C@@]12[C@H](c1ccc(Cl)cc1)C(c1ccccc1)=NN2c1ccccc1. The molecule has 0 aromatic heterocycles. The van der Waals surface area contributed by atoms with E-state index in [-0.39, 0.29) is 11.7 Å². The second-order valence-electron chi connectivity index (χ2n) is 8.83. The van der Waals surface area contributed by atoms with Crippen molar-refractivity contribution in [1.29, 1.82) is 0 Å². The third kappa shape index (κ3) is 3.69. The van der Waals surface area contributed by atoms with Crippen LogP contribution in [0.1, 0.15) is 33.8 Å². The maximum atomic E-state index is 14.7. The molecule has 0 fully saturated rings. The van der Waals surface area contributed by atoms with Gasteiger partial charge in [-0.1, -0.05) is 90.5 Å². The van der Waals surface area contributed by atoms with Crippen LogP contribution < -0.4 is 5.01 Å². The van der Waals surface area contributed by atoms with Crippen LogP contribution in [-0.2, 0) is 0 Å². The standard InChI is InChI=1S/C30H23ClN2OS/c31-23-17-15-21(16-18-23)27-28(22-9-3-1-4-10-22)32-33(24-11-5-2-6-12-24)30(27)19-20-35-26-14-8-7-13-25(26)29(30)34/h1-18,27H,19-20H2/t27-,30-/m1/s1. The molecule has 0 N–H and O–H groups in total. The smallest absolute Gasteiger partial charge is 0.192 e. The Balaban J connectivity index is 1.64. The third-order valence-corrected chi connectivity index (χ3v) is 8.20. The zero-order chi connectivity index (χ0) is 23.8. The predicted molar refractivity (Wildman–Crippen MR) is 145 cm³/mol. The molecule has 2 aliphatic heterocycles. The second kappa shape index (κ2) is 9.03. The summed E-state index contributed by atoms with van der Waals surface area (Å²) in [5.74, 6) is 0.659. The molecule has 0 unspecified atom stereocenters. The first-order valence-corrected chi connectivity index (χ1v) is 13.1. The largest absolute Gasteiger partial charge is 0.291 e. The minimum absolute atomic E-state index is 0.108. The minimum Gasteiger partial charge on any atom is -0.291 e. The van der Waals surface area contributed by atoms with E-state index in [4.69, 9.17) is 16.7 Å². The van der Waals surface area contributed by atoms with Crippen molar-refractivity contribution in [2.45, 2.75) is 22.8 Å². The number of nitrogens with zero attached hydrogens (tertiary/aromatic N) is 2. The molecule has 2 aliphatic rings. The molecule has 3 nitrogen and oxygen atoms in total. The summed E-state index contributed by atoms with van der Waals surface area (Å²) in [5.41, 5.74) is 3.72. The van der Waals surface area contributed by atoms with Crippen LogP contribution in [0.2, 0.25) is 5.02 Å². The molecule has 0 bridgehead atoms. The number of fused-ring (bicyclic) bond motifs is 1. The average molecular weight is 495 g/mol. The van der Waals surface area contributed by atoms with Crippen LogP contribution in [0.3, 0.4) is 0 Å². The molecule has 0 amide bonds. The Labute approximate surface area is 214 Å². The Morgan fingerprint density at radius 2 is 1.49 bits per heavy atom. The van der Waals surface area contributed by atoms with Gasteiger partial charge in [0.25, 0.3) is 0 Å². The molecule has 2 heterocycles. The minimum atomic E-state index is -0.903. The van der Waals surface area contributed by atoms with Crippen molar-refractivity contribution in [3.05, 3.63) is 131 Å². The van der Waals surface area contributed by atoms with E-state index in [1.807, 2.05) is 96.0 Å². The first kappa shape index (κ1) is 22.1. The van der Waals surface area contributed by atoms with Gasteiger partial charge in [0, 0.05) is 21.2 Å². The van der Waals surface area contributed by atoms with Crippen LogP contribution in [0.25, 0.3) is 0 Å². The lowest BCUT2D eigenvalue weighted by molar-refractivity contribution is 0.0874. The molecule has 0 saturated carbocycles. The van der Waals surface area contributed by atoms with Crippen LogP contribution in [0.15, 0.2) is 119 Å². The topological polar surface area (TPSA) is 32.7 Å². The van der Waals surface area contributed by atoms with Gasteiger partial charge in [0.2, 0.25) is 0 Å². The fraction of sp³-hybridized carbons (Fsp3) is 0.133. The molecule has 1 spiro atoms. The van der Waals surface area contributed by atoms with E-state index in [1.54, 1.807) is 11.8 Å². The second-order valence-corrected chi connectivity index (χ2v) is 10.4. The van der Waals surface area contributed by atoms with Gasteiger partial charge in [-0.2, -0.15) is 5.10 Å². The molecule has 4 aromatic rings. The van der Waals surface area contributed by atoms with Crippen LogP contribution >= 0.6 is 23.4 Å². The summed E-state index contributed by atoms with van der Waals surface area (Å²) in [6.07, 6.45) is 0.660. The van der Waals surface area contributed by atoms with Crippen LogP contribution in [0.4, 0.5) is 5.69 Å². The summed E-state index contributed by atoms with van der Waals surface area (Å²) in [5, 5.41) is 7.91. The summed E-state index contributed by atoms with van der Waals surface area (Å²) in [6.45, 7) is 0. The van der Waals surface area contributed by atoms with Gasteiger partial charge in [0.1, 0.15) is 5.54 Å². The third-order valence-electron chi connectivity index (χ3n) is 6.88. The molecule has 35 heavy (non-hydrogen) atoms. The summed E-state index contributed by atoms with van der Waals surface area (Å²) in [4.78, 5) is 15.8. The molecule has 0 radical (unpaired) electrons. The van der Waals surface area contributed by atoms with Crippen molar-refractivity contribution < 1.29 is 4.79 Å². The van der Waals surface area contributed by atoms with Gasteiger partial charge in [0.05, 0.1) is 17.3 Å². The Bertz CT molecular complexity index is 1410. The van der Waals surface area contributed by atoms with Crippen molar-refractivity contribution in [3.8, 4) is 0 Å². The monoisotopic (exact) mass is 494 g/mol. The van der Waals surface area contributed by atoms with Crippen LogP contribution in [0.5, 0.6) is 0 Å². The van der Waals surface area contributed by atoms with Gasteiger partial charge < -0.3 is 0 Å². The zero-order valence-corrected chi connectivity index (χ0v) is 20.5. The summed E-state index contributed by atoms with van der Waals surface area (Å²) >= 11 is 8.03. The van der Waals surface area contributed by atoms with Crippen molar-refractivity contribution >= 4 is 40.5 Å². The lowest BCUT2D eigenvalue weighted by atomic mass is 9.70. The molecule has 2 atom stereocenters. The number of ketones is 1. The van der Waals surface area contributed by atoms with E-state index in [9.17, 15) is 4.79 Å². The van der Waals surface area contributed by atoms with E-state index >= 15 is 0 Å². The number of carbonyl (C=O) groups is 1. The maximum absolute atomic E-state index is 14.7. The first-order chi connectivity index (χ1) is 17.2. The molecular formula is C30H23ClN2OS. The van der Waals surface area contributed by atoms with Gasteiger partial charge in [-0.25, -0.2) is 0 Å². The van der Waals surface area contributed by atoms with Gasteiger partial charge >= 0.3 is 0 Å². The van der Waals surface area contributed by atoms with E-state index in [0.717, 1.165) is 38.7 Å². The highest BCUT2D eigenvalue weighted by molar-refractivity contribution is 7.99. The molecule has 5 heteroatoms. The Hall–Kier alpha value is -3.34. The number of benzene rings is 4. The number of hydrogen-bond donors (Lipinski definition) is 0. The van der Waals surface area contributed by atoms with Crippen molar-refractivity contribution in [1.82, 2.24) is 0 Å². The number of Topliss-reactive ketones (excluding diaryl/α,β-unsaturated/α-hetero) is 1. The van der Waals surface area contributed by atoms with E-state index in [2.05, 4.69) is 18.2 Å². The summed E-state index contributed by atoms with van der Waals surface area (Å²) in [6, 6.07) is 36.1. The van der Waals surface area contributed by atoms with Gasteiger partial charge in [-0.3, -0.25) is 9.80 Å². The molecule has 0 saturated heterocycles. The quantitative estimate of drug-likeness (QED) is 0.296. The fourth-order valence-corrected chi connectivity index (χ4v) is 6.55. The lowest BCUT2D eigenvalue weighted by Gasteiger charge is -2.40. The average Bonchev–Trinajstić information content (AvgIpc) is 3.18. The molecule has 4 aromatic carbocycles. The van der Waals surface area contributed by atoms with E-state index in [0.29, 0.717) is 11.4 Å². The van der Waals surface area contributed by atoms with Crippen LogP contribution in [-0.4, -0.2) is 22.8 Å². The van der Waals surface area contributed by atoms with Gasteiger partial charge in [-0.15, -0.1) is 11.8 Å². The predicted octanol–water partition coefficient (Wildman–Crippen LogP) is 7.47. The fourth-order valence-electron chi connectivity index (χ4n) is 5.30. The number of anilines is 1. The maximum Gasteiger partial charge on any atom is 0.192 e. The van der Waals surface area contributed by atoms with Gasteiger partial charge in [0.15, 0.2) is 5.78 Å². The highest BCUT2D eigenvalue weighted by Crippen LogP contribution is 2.51. The molecule has 172 valence electrons. The van der Waals surface area contributed by atoms with Crippen molar-refractivity contribution in [2.75, 3.05) is 10.8 Å². The highest BCUT2D eigenvalue weighted by Gasteiger charge is 2.58. The van der Waals surface area contributed by atoms with Gasteiger partial charge in [-0.05, 0) is 47.9 Å². The summed E-state index contributed by atoms with van der Waals surface area (Å²) < 4.78 is 0. The highest BCUT2D eigenvalue weighted by atomic mass is 35.5. The number of carbonyl (C=O) groups excluding carboxylic acids is 1. The number of hydrazone groups is 1. The van der Waals surface area contributed by atoms with Crippen molar-refractivity contribution in [2.24, 2.45) is 5.10 Å². The first-order valence-electron chi connectivity index (χ1n) is 11.7. The molecule has 6 rings (SSSR count).